The number of hydrogen-bond donors (Lipinski definition) is 0. The summed E-state index contributed by atoms with van der Waals surface area (Å²) in [5.41, 5.74) is 0.0211. The van der Waals surface area contributed by atoms with Crippen LogP contribution in [0.15, 0.2) is 71.6 Å². The fourth-order valence-electron chi connectivity index (χ4n) is 2.87. The average Bonchev–Trinajstić information content (AvgIpc) is 3.14. The van der Waals surface area contributed by atoms with E-state index in [1.807, 2.05) is 0 Å². The molecule has 4 aromatic rings. The Hall–Kier alpha value is -3.10. The molecular weight excluding hydrogens is 406 g/mol. The van der Waals surface area contributed by atoms with Crippen molar-refractivity contribution in [1.29, 1.82) is 0 Å². The van der Waals surface area contributed by atoms with Gasteiger partial charge in [-0.15, -0.1) is 0 Å². The summed E-state index contributed by atoms with van der Waals surface area (Å²) >= 11 is 5.84. The Morgan fingerprint density at radius 3 is 2.46 bits per heavy atom. The van der Waals surface area contributed by atoms with Gasteiger partial charge in [0, 0.05) is 28.1 Å². The minimum atomic E-state index is -4.17. The van der Waals surface area contributed by atoms with E-state index in [-0.39, 0.29) is 32.6 Å². The number of nitrogens with zero attached hydrogens (tertiary/aromatic N) is 1. The van der Waals surface area contributed by atoms with E-state index in [1.165, 1.54) is 31.7 Å². The number of methoxy groups -OCH3 is 1. The van der Waals surface area contributed by atoms with Crippen molar-refractivity contribution in [3.63, 3.8) is 0 Å². The first-order valence-corrected chi connectivity index (χ1v) is 9.79. The first kappa shape index (κ1) is 18.3. The Bertz CT molecular complexity index is 1380. The van der Waals surface area contributed by atoms with Crippen LogP contribution in [0.3, 0.4) is 0 Å². The molecule has 0 atom stereocenters. The molecule has 0 bridgehead atoms. The normalized spacial score (nSPS) is 12.2. The van der Waals surface area contributed by atoms with E-state index in [0.717, 1.165) is 6.07 Å². The van der Waals surface area contributed by atoms with Crippen LogP contribution in [-0.2, 0) is 10.0 Å². The van der Waals surface area contributed by atoms with Crippen LogP contribution in [-0.4, -0.2) is 21.7 Å². The molecule has 0 saturated heterocycles. The molecule has 9 heteroatoms. The summed E-state index contributed by atoms with van der Waals surface area (Å²) in [4.78, 5) is 11.5. The fraction of sp³-hybridized carbons (Fsp3) is 0.0526. The molecule has 0 aliphatic carbocycles. The second kappa shape index (κ2) is 6.81. The number of fused-ring (bicyclic) bond motifs is 2. The zero-order valence-electron chi connectivity index (χ0n) is 14.4. The summed E-state index contributed by atoms with van der Waals surface area (Å²) < 4.78 is 45.8. The zero-order valence-corrected chi connectivity index (χ0v) is 16.0. The van der Waals surface area contributed by atoms with Gasteiger partial charge in [-0.05, 0) is 29.8 Å². The Balaban J connectivity index is 2.00. The third-order valence-corrected chi connectivity index (χ3v) is 5.66. The van der Waals surface area contributed by atoms with Crippen LogP contribution in [0.2, 0.25) is 5.02 Å². The maximum absolute atomic E-state index is 13.1. The molecule has 0 amide bonds. The van der Waals surface area contributed by atoms with Crippen molar-refractivity contribution >= 4 is 49.8 Å². The van der Waals surface area contributed by atoms with E-state index >= 15 is 0 Å². The number of hydrogen-bond acceptors (Lipinski definition) is 6. The third-order valence-electron chi connectivity index (χ3n) is 4.07. The zero-order chi connectivity index (χ0) is 19.9. The molecule has 0 N–H and O–H groups in total. The minimum Gasteiger partial charge on any atom is -0.490 e. The van der Waals surface area contributed by atoms with Gasteiger partial charge in [0.25, 0.3) is 10.0 Å². The van der Waals surface area contributed by atoms with Gasteiger partial charge < -0.3 is 13.6 Å². The lowest BCUT2D eigenvalue weighted by molar-refractivity contribution is 0.402. The average molecular weight is 418 g/mol. The number of benzene rings is 2. The van der Waals surface area contributed by atoms with Crippen molar-refractivity contribution in [3.05, 3.63) is 69.7 Å². The van der Waals surface area contributed by atoms with Gasteiger partial charge in [0.15, 0.2) is 11.2 Å². The van der Waals surface area contributed by atoms with E-state index in [4.69, 9.17) is 25.2 Å². The van der Waals surface area contributed by atoms with Gasteiger partial charge in [0.1, 0.15) is 4.90 Å². The van der Waals surface area contributed by atoms with Gasteiger partial charge in [-0.1, -0.05) is 23.7 Å². The summed E-state index contributed by atoms with van der Waals surface area (Å²) in [6.07, 6.45) is 2.54. The summed E-state index contributed by atoms with van der Waals surface area (Å²) in [5, 5.41) is 0.960. The van der Waals surface area contributed by atoms with E-state index in [9.17, 15) is 13.2 Å². The molecule has 2 aromatic carbocycles. The van der Waals surface area contributed by atoms with Gasteiger partial charge in [-0.25, -0.2) is 4.79 Å². The molecule has 0 spiro atoms. The Morgan fingerprint density at radius 1 is 1.04 bits per heavy atom. The van der Waals surface area contributed by atoms with Crippen LogP contribution in [0.4, 0.5) is 0 Å². The maximum atomic E-state index is 13.1. The van der Waals surface area contributed by atoms with Crippen LogP contribution in [0.25, 0.3) is 21.9 Å². The number of rotatable bonds is 4. The molecule has 28 heavy (non-hydrogen) atoms. The van der Waals surface area contributed by atoms with E-state index in [1.54, 1.807) is 24.3 Å². The Morgan fingerprint density at radius 2 is 1.75 bits per heavy atom. The maximum Gasteiger partial charge on any atom is 0.336 e. The molecule has 0 aliphatic rings. The van der Waals surface area contributed by atoms with E-state index in [0.29, 0.717) is 10.6 Å². The van der Waals surface area contributed by atoms with Gasteiger partial charge in [-0.3, -0.25) is 0 Å². The molecule has 0 aliphatic heterocycles. The molecule has 7 nitrogen and oxygen atoms in total. The Labute approximate surface area is 163 Å². The van der Waals surface area contributed by atoms with Crippen molar-refractivity contribution in [2.24, 2.45) is 4.40 Å². The van der Waals surface area contributed by atoms with Gasteiger partial charge in [-0.2, -0.15) is 12.8 Å². The molecule has 2 heterocycles. The summed E-state index contributed by atoms with van der Waals surface area (Å²) in [5.74, 6) is 0.133. The summed E-state index contributed by atoms with van der Waals surface area (Å²) in [6, 6.07) is 10.5. The van der Waals surface area contributed by atoms with Crippen LogP contribution in [0.1, 0.15) is 5.56 Å². The highest BCUT2D eigenvalue weighted by molar-refractivity contribution is 7.90. The van der Waals surface area contributed by atoms with Crippen molar-refractivity contribution in [2.75, 3.05) is 7.11 Å². The predicted molar refractivity (Wildman–Crippen MR) is 105 cm³/mol. The van der Waals surface area contributed by atoms with Crippen LogP contribution < -0.4 is 10.4 Å². The number of halogens is 1. The largest absolute Gasteiger partial charge is 0.490 e. The second-order valence-electron chi connectivity index (χ2n) is 5.78. The molecule has 2 aromatic heterocycles. The van der Waals surface area contributed by atoms with Gasteiger partial charge in [0.2, 0.25) is 5.75 Å². The standard InChI is InChI=1S/C19H12ClNO6S/c1-25-18-16-14(8-9-26-16)19(13-6-7-15(22)27-17(13)18)28(23,24)21-10-11-2-4-12(20)5-3-11/h2-10H,1H3/b21-10+. The van der Waals surface area contributed by atoms with Gasteiger partial charge in [0.05, 0.1) is 13.4 Å². The molecule has 0 radical (unpaired) electrons. The highest BCUT2D eigenvalue weighted by Crippen LogP contribution is 2.40. The minimum absolute atomic E-state index is 0.0299. The monoisotopic (exact) mass is 417 g/mol. The van der Waals surface area contributed by atoms with Crippen molar-refractivity contribution in [3.8, 4) is 5.75 Å². The highest BCUT2D eigenvalue weighted by atomic mass is 35.5. The van der Waals surface area contributed by atoms with Crippen LogP contribution >= 0.6 is 11.6 Å². The molecule has 0 fully saturated rings. The Kier molecular flexibility index (Phi) is 4.44. The first-order valence-electron chi connectivity index (χ1n) is 7.97. The first-order chi connectivity index (χ1) is 13.4. The molecule has 4 rings (SSSR count). The van der Waals surface area contributed by atoms with E-state index < -0.39 is 15.6 Å². The van der Waals surface area contributed by atoms with Crippen LogP contribution in [0.5, 0.6) is 5.75 Å². The summed E-state index contributed by atoms with van der Waals surface area (Å²) in [7, 11) is -2.80. The fourth-order valence-corrected chi connectivity index (χ4v) is 4.24. The lowest BCUT2D eigenvalue weighted by atomic mass is 10.1. The summed E-state index contributed by atoms with van der Waals surface area (Å²) in [6.45, 7) is 0. The SMILES string of the molecule is COc1c2occc2c(S(=O)(=O)/N=C/c2ccc(Cl)cc2)c2ccc(=O)oc12. The number of ether oxygens (including phenoxy) is 1. The number of sulfonamides is 1. The molecule has 0 saturated carbocycles. The van der Waals surface area contributed by atoms with Crippen molar-refractivity contribution in [2.45, 2.75) is 4.90 Å². The van der Waals surface area contributed by atoms with Crippen LogP contribution in [0, 0.1) is 0 Å². The third kappa shape index (κ3) is 3.06. The molecule has 142 valence electrons. The topological polar surface area (TPSA) is 99.1 Å². The van der Waals surface area contributed by atoms with E-state index in [2.05, 4.69) is 4.40 Å². The lowest BCUT2D eigenvalue weighted by Gasteiger charge is -2.09. The molecular formula is C19H12ClNO6S. The highest BCUT2D eigenvalue weighted by Gasteiger charge is 2.27. The lowest BCUT2D eigenvalue weighted by Crippen LogP contribution is -2.04. The molecule has 0 unspecified atom stereocenters. The quantitative estimate of drug-likeness (QED) is 0.367. The van der Waals surface area contributed by atoms with Crippen molar-refractivity contribution in [1.82, 2.24) is 0 Å². The second-order valence-corrected chi connectivity index (χ2v) is 7.79. The predicted octanol–water partition coefficient (Wildman–Crippen LogP) is 4.01. The van der Waals surface area contributed by atoms with Crippen molar-refractivity contribution < 1.29 is 22.0 Å². The number of furan rings is 1. The smallest absolute Gasteiger partial charge is 0.336 e. The van der Waals surface area contributed by atoms with Gasteiger partial charge >= 0.3 is 5.63 Å².